The van der Waals surface area contributed by atoms with E-state index < -0.39 is 0 Å². The molecule has 5 rings (SSSR count). The highest BCUT2D eigenvalue weighted by Crippen LogP contribution is 2.27. The maximum Gasteiger partial charge on any atom is 0.253 e. The van der Waals surface area contributed by atoms with Gasteiger partial charge in [0, 0.05) is 17.1 Å². The maximum absolute atomic E-state index is 13.0. The van der Waals surface area contributed by atoms with Gasteiger partial charge < -0.3 is 10.1 Å². The van der Waals surface area contributed by atoms with Crippen LogP contribution in [0.2, 0.25) is 0 Å². The molecule has 0 atom stereocenters. The van der Waals surface area contributed by atoms with Crippen molar-refractivity contribution in [3.8, 4) is 17.1 Å². The van der Waals surface area contributed by atoms with E-state index in [1.54, 1.807) is 13.3 Å². The van der Waals surface area contributed by atoms with Crippen LogP contribution in [0, 0.1) is 0 Å². The van der Waals surface area contributed by atoms with Gasteiger partial charge in [-0.15, -0.1) is 0 Å². The molecule has 0 saturated carbocycles. The first kappa shape index (κ1) is 18.7. The molecule has 0 radical (unpaired) electrons. The van der Waals surface area contributed by atoms with Gasteiger partial charge in [-0.25, -0.2) is 4.98 Å². The Bertz CT molecular complexity index is 1390. The predicted octanol–water partition coefficient (Wildman–Crippen LogP) is 4.11. The normalized spacial score (nSPS) is 11.0. The predicted molar refractivity (Wildman–Crippen MR) is 119 cm³/mol. The number of methoxy groups -OCH3 is 1. The standard InChI is InChI=1S/C24H19N5O2/c1-31-17-10-8-15(9-11-17)23-27-21(28-29-23)14-26-24(30)20-13-16-5-2-3-6-18(16)19-7-4-12-25-22(19)20/h2-13H,14H2,1H3,(H,26,30)(H,27,28,29). The topological polar surface area (TPSA) is 92.8 Å². The van der Waals surface area contributed by atoms with E-state index in [-0.39, 0.29) is 12.5 Å². The minimum atomic E-state index is -0.211. The number of H-pyrrole nitrogens is 1. The Morgan fingerprint density at radius 1 is 1.03 bits per heavy atom. The number of fused-ring (bicyclic) bond motifs is 3. The van der Waals surface area contributed by atoms with Gasteiger partial charge in [0.25, 0.3) is 5.91 Å². The van der Waals surface area contributed by atoms with E-state index in [0.29, 0.717) is 22.7 Å². The van der Waals surface area contributed by atoms with Crippen molar-refractivity contribution in [3.63, 3.8) is 0 Å². The van der Waals surface area contributed by atoms with Crippen molar-refractivity contribution in [3.05, 3.63) is 84.3 Å². The van der Waals surface area contributed by atoms with Crippen LogP contribution in [0.3, 0.4) is 0 Å². The maximum atomic E-state index is 13.0. The molecule has 0 spiro atoms. The van der Waals surface area contributed by atoms with Gasteiger partial charge in [-0.05, 0) is 47.2 Å². The molecule has 5 aromatic rings. The third-order valence-corrected chi connectivity index (χ3v) is 5.15. The number of carbonyl (C=O) groups is 1. The zero-order valence-electron chi connectivity index (χ0n) is 16.8. The molecule has 0 aliphatic heterocycles. The Hall–Kier alpha value is -4.26. The number of aromatic nitrogens is 4. The lowest BCUT2D eigenvalue weighted by Crippen LogP contribution is -2.24. The second-order valence-corrected chi connectivity index (χ2v) is 7.06. The molecule has 7 nitrogen and oxygen atoms in total. The van der Waals surface area contributed by atoms with Gasteiger partial charge in [0.1, 0.15) is 11.6 Å². The lowest BCUT2D eigenvalue weighted by molar-refractivity contribution is 0.0951. The van der Waals surface area contributed by atoms with Gasteiger partial charge in [0.2, 0.25) is 0 Å². The highest BCUT2D eigenvalue weighted by molar-refractivity contribution is 6.15. The van der Waals surface area contributed by atoms with Crippen molar-refractivity contribution in [2.24, 2.45) is 0 Å². The Morgan fingerprint density at radius 2 is 1.84 bits per heavy atom. The van der Waals surface area contributed by atoms with Crippen LogP contribution in [0.1, 0.15) is 16.2 Å². The van der Waals surface area contributed by atoms with Gasteiger partial charge in [-0.3, -0.25) is 14.9 Å². The van der Waals surface area contributed by atoms with Crippen LogP contribution in [-0.4, -0.2) is 33.2 Å². The molecule has 31 heavy (non-hydrogen) atoms. The Labute approximate surface area is 178 Å². The van der Waals surface area contributed by atoms with E-state index in [2.05, 4.69) is 25.5 Å². The summed E-state index contributed by atoms with van der Waals surface area (Å²) in [5.74, 6) is 1.68. The lowest BCUT2D eigenvalue weighted by atomic mass is 10.0. The number of hydrogen-bond donors (Lipinski definition) is 2. The van der Waals surface area contributed by atoms with Crippen LogP contribution < -0.4 is 10.1 Å². The van der Waals surface area contributed by atoms with Crippen molar-refractivity contribution >= 4 is 27.6 Å². The first-order chi connectivity index (χ1) is 15.2. The SMILES string of the molecule is COc1ccc(-c2n[nH]c(CNC(=O)c3cc4ccccc4c4cccnc34)n2)cc1. The molecule has 0 aliphatic rings. The zero-order valence-corrected chi connectivity index (χ0v) is 16.8. The summed E-state index contributed by atoms with van der Waals surface area (Å²) in [6, 6.07) is 21.2. The highest BCUT2D eigenvalue weighted by atomic mass is 16.5. The minimum Gasteiger partial charge on any atom is -0.497 e. The molecular formula is C24H19N5O2. The summed E-state index contributed by atoms with van der Waals surface area (Å²) >= 11 is 0. The van der Waals surface area contributed by atoms with E-state index in [4.69, 9.17) is 4.74 Å². The fraction of sp³-hybridized carbons (Fsp3) is 0.0833. The van der Waals surface area contributed by atoms with Gasteiger partial charge in [0.05, 0.1) is 24.7 Å². The quantitative estimate of drug-likeness (QED) is 0.426. The fourth-order valence-electron chi connectivity index (χ4n) is 3.61. The fourth-order valence-corrected chi connectivity index (χ4v) is 3.61. The average molecular weight is 409 g/mol. The van der Waals surface area contributed by atoms with E-state index in [1.807, 2.05) is 66.7 Å². The number of rotatable bonds is 5. The number of nitrogens with zero attached hydrogens (tertiary/aromatic N) is 3. The molecule has 0 unspecified atom stereocenters. The van der Waals surface area contributed by atoms with Crippen LogP contribution in [0.15, 0.2) is 72.9 Å². The molecular weight excluding hydrogens is 390 g/mol. The Morgan fingerprint density at radius 3 is 2.68 bits per heavy atom. The summed E-state index contributed by atoms with van der Waals surface area (Å²) in [6.07, 6.45) is 1.70. The first-order valence-corrected chi connectivity index (χ1v) is 9.83. The number of hydrogen-bond acceptors (Lipinski definition) is 5. The van der Waals surface area contributed by atoms with Crippen LogP contribution in [0.5, 0.6) is 5.75 Å². The van der Waals surface area contributed by atoms with Crippen molar-refractivity contribution in [1.82, 2.24) is 25.5 Å². The first-order valence-electron chi connectivity index (χ1n) is 9.83. The van der Waals surface area contributed by atoms with Crippen molar-refractivity contribution in [2.75, 3.05) is 7.11 Å². The number of benzene rings is 3. The number of pyridine rings is 1. The summed E-state index contributed by atoms with van der Waals surface area (Å²) in [6.45, 7) is 0.225. The molecule has 2 heterocycles. The van der Waals surface area contributed by atoms with E-state index >= 15 is 0 Å². The van der Waals surface area contributed by atoms with Gasteiger partial charge in [-0.1, -0.05) is 30.3 Å². The largest absolute Gasteiger partial charge is 0.497 e. The second-order valence-electron chi connectivity index (χ2n) is 7.06. The second kappa shape index (κ2) is 7.87. The molecule has 0 saturated heterocycles. The van der Waals surface area contributed by atoms with Crippen molar-refractivity contribution < 1.29 is 9.53 Å². The average Bonchev–Trinajstić information content (AvgIpc) is 3.31. The van der Waals surface area contributed by atoms with Crippen LogP contribution in [0.25, 0.3) is 33.1 Å². The Kier molecular flexibility index (Phi) is 4.76. The number of aromatic amines is 1. The monoisotopic (exact) mass is 409 g/mol. The Balaban J connectivity index is 1.38. The molecule has 7 heteroatoms. The number of amides is 1. The number of nitrogens with one attached hydrogen (secondary N) is 2. The molecule has 0 aliphatic carbocycles. The number of ether oxygens (including phenoxy) is 1. The van der Waals surface area contributed by atoms with Crippen LogP contribution >= 0.6 is 0 Å². The molecule has 3 aromatic carbocycles. The molecule has 2 N–H and O–H groups in total. The summed E-state index contributed by atoms with van der Waals surface area (Å²) in [5.41, 5.74) is 2.07. The third kappa shape index (κ3) is 3.57. The summed E-state index contributed by atoms with van der Waals surface area (Å²) in [7, 11) is 1.62. The molecule has 1 amide bonds. The summed E-state index contributed by atoms with van der Waals surface area (Å²) in [4.78, 5) is 21.9. The van der Waals surface area contributed by atoms with E-state index in [0.717, 1.165) is 27.5 Å². The van der Waals surface area contributed by atoms with E-state index in [9.17, 15) is 4.79 Å². The summed E-state index contributed by atoms with van der Waals surface area (Å²) in [5, 5.41) is 13.1. The zero-order chi connectivity index (χ0) is 21.2. The van der Waals surface area contributed by atoms with Crippen LogP contribution in [-0.2, 0) is 6.54 Å². The molecule has 0 fully saturated rings. The van der Waals surface area contributed by atoms with Crippen molar-refractivity contribution in [1.29, 1.82) is 0 Å². The molecule has 152 valence electrons. The lowest BCUT2D eigenvalue weighted by Gasteiger charge is -2.09. The minimum absolute atomic E-state index is 0.211. The molecule has 0 bridgehead atoms. The third-order valence-electron chi connectivity index (χ3n) is 5.15. The molecule has 2 aromatic heterocycles. The van der Waals surface area contributed by atoms with Crippen molar-refractivity contribution in [2.45, 2.75) is 6.54 Å². The van der Waals surface area contributed by atoms with Gasteiger partial charge in [0.15, 0.2) is 5.82 Å². The van der Waals surface area contributed by atoms with Crippen LogP contribution in [0.4, 0.5) is 0 Å². The number of carbonyl (C=O) groups excluding carboxylic acids is 1. The van der Waals surface area contributed by atoms with Gasteiger partial charge >= 0.3 is 0 Å². The van der Waals surface area contributed by atoms with Gasteiger partial charge in [-0.2, -0.15) is 5.10 Å². The van der Waals surface area contributed by atoms with E-state index in [1.165, 1.54) is 0 Å². The summed E-state index contributed by atoms with van der Waals surface area (Å²) < 4.78 is 5.17. The smallest absolute Gasteiger partial charge is 0.253 e. The highest BCUT2D eigenvalue weighted by Gasteiger charge is 2.15.